The molecule has 3 N–H and O–H groups in total. The van der Waals surface area contributed by atoms with Crippen LogP contribution in [0.1, 0.15) is 60.6 Å². The van der Waals surface area contributed by atoms with E-state index < -0.39 is 29.1 Å². The number of Topliss-reactive ketones (excluding diaryl/α,β-unsaturated/α-hetero) is 1. The lowest BCUT2D eigenvalue weighted by Crippen LogP contribution is -2.44. The van der Waals surface area contributed by atoms with Crippen molar-refractivity contribution in [1.29, 1.82) is 0 Å². The highest BCUT2D eigenvalue weighted by Gasteiger charge is 2.55. The van der Waals surface area contributed by atoms with Crippen LogP contribution in [0, 0.1) is 17.8 Å². The van der Waals surface area contributed by atoms with Crippen LogP contribution in [0.25, 0.3) is 10.9 Å². The molecule has 0 saturated heterocycles. The summed E-state index contributed by atoms with van der Waals surface area (Å²) < 4.78 is 39.2. The van der Waals surface area contributed by atoms with Gasteiger partial charge in [0.25, 0.3) is 5.91 Å². The molecule has 2 aromatic carbocycles. The third-order valence-electron chi connectivity index (χ3n) is 8.71. The lowest BCUT2D eigenvalue weighted by molar-refractivity contribution is -0.137. The number of halogens is 3. The first-order chi connectivity index (χ1) is 18.0. The van der Waals surface area contributed by atoms with Crippen molar-refractivity contribution in [2.45, 2.75) is 56.7 Å². The number of H-pyrrole nitrogens is 1. The summed E-state index contributed by atoms with van der Waals surface area (Å²) in [4.78, 5) is 42.5. The predicted octanol–water partition coefficient (Wildman–Crippen LogP) is 5.59. The number of amides is 2. The molecular formula is C29H28F3N3O3. The third-order valence-corrected chi connectivity index (χ3v) is 8.71. The van der Waals surface area contributed by atoms with Crippen LogP contribution < -0.4 is 10.6 Å². The Balaban J connectivity index is 1.20. The summed E-state index contributed by atoms with van der Waals surface area (Å²) in [6, 6.07) is 11.7. The molecule has 2 heterocycles. The van der Waals surface area contributed by atoms with Gasteiger partial charge in [0, 0.05) is 23.0 Å². The molecule has 5 atom stereocenters. The second-order valence-electron chi connectivity index (χ2n) is 11.3. The molecule has 3 aliphatic rings. The molecule has 2 unspecified atom stereocenters. The zero-order chi connectivity index (χ0) is 26.8. The summed E-state index contributed by atoms with van der Waals surface area (Å²) in [5.74, 6) is -0.176. The van der Waals surface area contributed by atoms with Crippen molar-refractivity contribution >= 4 is 34.2 Å². The summed E-state index contributed by atoms with van der Waals surface area (Å²) in [5.41, 5.74) is 0.969. The van der Waals surface area contributed by atoms with Gasteiger partial charge in [-0.2, -0.15) is 13.2 Å². The number of benzene rings is 2. The Labute approximate surface area is 217 Å². The summed E-state index contributed by atoms with van der Waals surface area (Å²) in [6.07, 6.45) is -1.56. The van der Waals surface area contributed by atoms with Gasteiger partial charge in [-0.25, -0.2) is 0 Å². The number of nitrogens with one attached hydrogen (secondary N) is 3. The number of anilines is 1. The fourth-order valence-corrected chi connectivity index (χ4v) is 6.96. The SMILES string of the molecule is CC1C[C@@H]2C[C@@]3(CC2CC(=O)[C@@H](NC(=O)c2cc4cc(C(F)(F)F)ccc4[nH]2)C1)C(=O)Nc1ccccc13. The van der Waals surface area contributed by atoms with Crippen molar-refractivity contribution in [1.82, 2.24) is 10.3 Å². The molecule has 38 heavy (non-hydrogen) atoms. The van der Waals surface area contributed by atoms with Crippen molar-refractivity contribution in [2.75, 3.05) is 5.32 Å². The van der Waals surface area contributed by atoms with Crippen molar-refractivity contribution in [2.24, 2.45) is 17.8 Å². The number of aromatic amines is 1. The van der Waals surface area contributed by atoms with E-state index in [0.29, 0.717) is 24.8 Å². The Morgan fingerprint density at radius 3 is 2.58 bits per heavy atom. The molecule has 9 heteroatoms. The monoisotopic (exact) mass is 523 g/mol. The van der Waals surface area contributed by atoms with Gasteiger partial charge < -0.3 is 15.6 Å². The minimum atomic E-state index is -4.48. The second-order valence-corrected chi connectivity index (χ2v) is 11.3. The van der Waals surface area contributed by atoms with Crippen LogP contribution in [0.5, 0.6) is 0 Å². The first kappa shape index (κ1) is 24.7. The van der Waals surface area contributed by atoms with E-state index in [0.717, 1.165) is 29.8 Å². The standard InChI is InChI=1S/C29H28F3N3O3/c1-15-8-17-13-28(20-4-2-3-5-22(20)35-27(28)38)14-18(17)12-25(36)23(9-15)34-26(37)24-11-16-10-19(29(30,31)32)6-7-21(16)33-24/h2-7,10-11,15,17-18,23,33H,8-9,12-14H2,1H3,(H,34,37)(H,35,38)/t15?,17-,18?,23+,28+/m1/s1. The van der Waals surface area contributed by atoms with E-state index in [9.17, 15) is 27.6 Å². The maximum atomic E-state index is 13.4. The van der Waals surface area contributed by atoms with Crippen molar-refractivity contribution in [3.63, 3.8) is 0 Å². The zero-order valence-corrected chi connectivity index (χ0v) is 20.8. The lowest BCUT2D eigenvalue weighted by Gasteiger charge is -2.30. The molecule has 2 aliphatic carbocycles. The van der Waals surface area contributed by atoms with Crippen LogP contribution in [0.15, 0.2) is 48.5 Å². The summed E-state index contributed by atoms with van der Waals surface area (Å²) in [6.45, 7) is 2.06. The number of carbonyl (C=O) groups excluding carboxylic acids is 3. The Kier molecular flexibility index (Phi) is 5.66. The van der Waals surface area contributed by atoms with E-state index in [1.165, 1.54) is 12.1 Å². The number of hydrogen-bond donors (Lipinski definition) is 3. The van der Waals surface area contributed by atoms with Crippen LogP contribution in [0.3, 0.4) is 0 Å². The number of fused-ring (bicyclic) bond motifs is 4. The fourth-order valence-electron chi connectivity index (χ4n) is 6.96. The minimum absolute atomic E-state index is 0.00268. The average molecular weight is 524 g/mol. The topological polar surface area (TPSA) is 91.1 Å². The van der Waals surface area contributed by atoms with Gasteiger partial charge in [0.15, 0.2) is 5.78 Å². The average Bonchev–Trinajstić information content (AvgIpc) is 3.51. The Bertz CT molecular complexity index is 1460. The maximum Gasteiger partial charge on any atom is 0.416 e. The number of rotatable bonds is 2. The second kappa shape index (κ2) is 8.71. The quantitative estimate of drug-likeness (QED) is 0.409. The van der Waals surface area contributed by atoms with E-state index in [1.54, 1.807) is 0 Å². The van der Waals surface area contributed by atoms with Crippen LogP contribution >= 0.6 is 0 Å². The Hall–Kier alpha value is -3.62. The molecule has 2 amide bonds. The van der Waals surface area contributed by atoms with Gasteiger partial charge in [0.2, 0.25) is 5.91 Å². The molecular weight excluding hydrogens is 495 g/mol. The number of alkyl halides is 3. The highest BCUT2D eigenvalue weighted by molar-refractivity contribution is 6.06. The molecule has 0 radical (unpaired) electrons. The normalized spacial score (nSPS) is 29.1. The van der Waals surface area contributed by atoms with E-state index in [-0.39, 0.29) is 46.9 Å². The van der Waals surface area contributed by atoms with Gasteiger partial charge in [0.05, 0.1) is 17.0 Å². The number of para-hydroxylation sites is 1. The van der Waals surface area contributed by atoms with Crippen LogP contribution in [-0.2, 0) is 21.2 Å². The third kappa shape index (κ3) is 4.08. The van der Waals surface area contributed by atoms with E-state index in [4.69, 9.17) is 0 Å². The minimum Gasteiger partial charge on any atom is -0.351 e. The molecule has 198 valence electrons. The summed E-state index contributed by atoms with van der Waals surface area (Å²) >= 11 is 0. The number of hydrogen-bond acceptors (Lipinski definition) is 3. The highest BCUT2D eigenvalue weighted by Crippen LogP contribution is 2.56. The van der Waals surface area contributed by atoms with Crippen LogP contribution in [-0.4, -0.2) is 28.6 Å². The predicted molar refractivity (Wildman–Crippen MR) is 136 cm³/mol. The van der Waals surface area contributed by atoms with Gasteiger partial charge in [-0.05, 0) is 79.3 Å². The number of ketones is 1. The fraction of sp³-hybridized carbons (Fsp3) is 0.414. The van der Waals surface area contributed by atoms with Gasteiger partial charge in [0.1, 0.15) is 5.69 Å². The molecule has 2 fully saturated rings. The van der Waals surface area contributed by atoms with Gasteiger partial charge >= 0.3 is 6.18 Å². The zero-order valence-electron chi connectivity index (χ0n) is 20.8. The van der Waals surface area contributed by atoms with E-state index in [1.807, 2.05) is 24.3 Å². The molecule has 1 aromatic heterocycles. The lowest BCUT2D eigenvalue weighted by atomic mass is 9.78. The van der Waals surface area contributed by atoms with Gasteiger partial charge in [-0.15, -0.1) is 0 Å². The molecule has 6 rings (SSSR count). The molecule has 0 bridgehead atoms. The van der Waals surface area contributed by atoms with Gasteiger partial charge in [-0.1, -0.05) is 25.1 Å². The van der Waals surface area contributed by atoms with Crippen LogP contribution in [0.4, 0.5) is 18.9 Å². The Morgan fingerprint density at radius 1 is 1.03 bits per heavy atom. The smallest absolute Gasteiger partial charge is 0.351 e. The van der Waals surface area contributed by atoms with Crippen molar-refractivity contribution in [3.05, 3.63) is 65.4 Å². The molecule has 2 saturated carbocycles. The van der Waals surface area contributed by atoms with Gasteiger partial charge in [-0.3, -0.25) is 14.4 Å². The molecule has 6 nitrogen and oxygen atoms in total. The number of aromatic nitrogens is 1. The maximum absolute atomic E-state index is 13.4. The largest absolute Gasteiger partial charge is 0.416 e. The molecule has 1 aliphatic heterocycles. The highest BCUT2D eigenvalue weighted by atomic mass is 19.4. The van der Waals surface area contributed by atoms with E-state index in [2.05, 4.69) is 22.5 Å². The van der Waals surface area contributed by atoms with Crippen LogP contribution in [0.2, 0.25) is 0 Å². The molecule has 1 spiro atoms. The first-order valence-electron chi connectivity index (χ1n) is 13.0. The number of carbonyl (C=O) groups is 3. The van der Waals surface area contributed by atoms with E-state index >= 15 is 0 Å². The molecule has 3 aromatic rings. The summed E-state index contributed by atoms with van der Waals surface area (Å²) in [5, 5.41) is 6.13. The van der Waals surface area contributed by atoms with Crippen molar-refractivity contribution in [3.8, 4) is 0 Å². The Morgan fingerprint density at radius 2 is 1.79 bits per heavy atom. The van der Waals surface area contributed by atoms with Crippen molar-refractivity contribution < 1.29 is 27.6 Å². The first-order valence-corrected chi connectivity index (χ1v) is 13.0. The summed E-state index contributed by atoms with van der Waals surface area (Å²) in [7, 11) is 0.